The van der Waals surface area contributed by atoms with Crippen LogP contribution >= 0.6 is 0 Å². The maximum atomic E-state index is 15.0. The molecule has 0 aromatic carbocycles. The zero-order valence-electron chi connectivity index (χ0n) is 25.0. The number of aromatic nitrogens is 12. The van der Waals surface area contributed by atoms with Gasteiger partial charge >= 0.3 is 0 Å². The third-order valence-corrected chi connectivity index (χ3v) is 8.22. The van der Waals surface area contributed by atoms with Crippen molar-refractivity contribution in [3.8, 4) is 0 Å². The Kier molecular flexibility index (Phi) is 8.65. The van der Waals surface area contributed by atoms with Gasteiger partial charge in [-0.3, -0.25) is 4.79 Å². The highest BCUT2D eigenvalue weighted by molar-refractivity contribution is 5.92. The fourth-order valence-electron chi connectivity index (χ4n) is 6.15. The lowest BCUT2D eigenvalue weighted by atomic mass is 9.69. The van der Waals surface area contributed by atoms with E-state index < -0.39 is 10.8 Å². The van der Waals surface area contributed by atoms with Crippen LogP contribution < -0.4 is 45.9 Å². The van der Waals surface area contributed by atoms with Crippen molar-refractivity contribution < 1.29 is 4.79 Å². The molecule has 0 amide bonds. The second-order valence-corrected chi connectivity index (χ2v) is 11.3. The predicted octanol–water partition coefficient (Wildman–Crippen LogP) is -1.75. The average molecular weight is 633 g/mol. The van der Waals surface area contributed by atoms with Crippen molar-refractivity contribution in [2.24, 2.45) is 10.8 Å². The van der Waals surface area contributed by atoms with Crippen molar-refractivity contribution in [2.45, 2.75) is 64.2 Å². The van der Waals surface area contributed by atoms with Gasteiger partial charge in [-0.05, 0) is 38.5 Å². The highest BCUT2D eigenvalue weighted by Crippen LogP contribution is 2.55. The standard InChI is InChI=1S/C25H36N20O/c26-16-34-11(35-17(27)42-16)1-5-24(6-2-12-36-18(28)43-19(29)37-12)9-10-25(15(24)46,7-3-13-38-20(30)44-21(31)39-13)8-4-14-40-22(32)45-23(33)41-14/h1-10H2,(H4,26,27,34,35,42)(H4,28,29,36,37,43)(H4,30,31,38,39,44)(H4,32,33,40,41,45). The average Bonchev–Trinajstić information content (AvgIpc) is 3.22. The molecule has 16 N–H and O–H groups in total. The van der Waals surface area contributed by atoms with Crippen LogP contribution in [0.1, 0.15) is 61.8 Å². The Labute approximate surface area is 262 Å². The minimum Gasteiger partial charge on any atom is -0.368 e. The Morgan fingerprint density at radius 1 is 0.370 bits per heavy atom. The van der Waals surface area contributed by atoms with Crippen LogP contribution in [-0.2, 0) is 30.5 Å². The second kappa shape index (κ2) is 12.6. The molecule has 1 aliphatic carbocycles. The number of Topliss-reactive ketones (excluding diaryl/α,β-unsaturated/α-hetero) is 1. The smallest absolute Gasteiger partial charge is 0.225 e. The monoisotopic (exact) mass is 632 g/mol. The van der Waals surface area contributed by atoms with Gasteiger partial charge in [-0.15, -0.1) is 0 Å². The Balaban J connectivity index is 1.48. The van der Waals surface area contributed by atoms with Crippen molar-refractivity contribution in [2.75, 3.05) is 45.9 Å². The molecule has 242 valence electrons. The first kappa shape index (κ1) is 31.5. The molecule has 5 rings (SSSR count). The van der Waals surface area contributed by atoms with Crippen molar-refractivity contribution in [3.63, 3.8) is 0 Å². The fourth-order valence-corrected chi connectivity index (χ4v) is 6.15. The number of nitrogens with zero attached hydrogens (tertiary/aromatic N) is 12. The highest BCUT2D eigenvalue weighted by atomic mass is 16.1. The summed E-state index contributed by atoms with van der Waals surface area (Å²) in [6, 6.07) is 0. The third-order valence-electron chi connectivity index (χ3n) is 8.22. The van der Waals surface area contributed by atoms with Crippen molar-refractivity contribution in [1.82, 2.24) is 59.8 Å². The molecular formula is C25H36N20O. The number of aryl methyl sites for hydroxylation is 4. The number of nitrogen functional groups attached to an aromatic ring is 8. The number of hydrogen-bond acceptors (Lipinski definition) is 21. The molecule has 0 aliphatic heterocycles. The van der Waals surface area contributed by atoms with Crippen molar-refractivity contribution in [3.05, 3.63) is 23.3 Å². The van der Waals surface area contributed by atoms with Crippen LogP contribution in [0.25, 0.3) is 0 Å². The number of carbonyl (C=O) groups excluding carboxylic acids is 1. The Hall–Kier alpha value is -5.89. The fraction of sp³-hybridized carbons (Fsp3) is 0.480. The lowest BCUT2D eigenvalue weighted by Gasteiger charge is -2.33. The quantitative estimate of drug-likeness (QED) is 0.0857. The molecule has 0 atom stereocenters. The molecule has 0 unspecified atom stereocenters. The van der Waals surface area contributed by atoms with Crippen LogP contribution in [0.2, 0.25) is 0 Å². The van der Waals surface area contributed by atoms with Gasteiger partial charge in [0.2, 0.25) is 47.6 Å². The molecular weight excluding hydrogens is 596 g/mol. The van der Waals surface area contributed by atoms with Gasteiger partial charge in [0.05, 0.1) is 0 Å². The van der Waals surface area contributed by atoms with Crippen molar-refractivity contribution >= 4 is 53.4 Å². The van der Waals surface area contributed by atoms with Gasteiger partial charge in [0.25, 0.3) is 0 Å². The topological polar surface area (TPSA) is 380 Å². The lowest BCUT2D eigenvalue weighted by molar-refractivity contribution is -0.135. The molecule has 4 aromatic rings. The number of carbonyl (C=O) groups is 1. The highest BCUT2D eigenvalue weighted by Gasteiger charge is 2.55. The van der Waals surface area contributed by atoms with E-state index in [2.05, 4.69) is 59.8 Å². The molecule has 1 saturated carbocycles. The van der Waals surface area contributed by atoms with Gasteiger partial charge < -0.3 is 45.9 Å². The number of anilines is 8. The van der Waals surface area contributed by atoms with E-state index in [0.717, 1.165) is 0 Å². The number of nitrogens with two attached hydrogens (primary N) is 8. The molecule has 46 heavy (non-hydrogen) atoms. The molecule has 0 saturated heterocycles. The van der Waals surface area contributed by atoms with Crippen LogP contribution in [0, 0.1) is 10.8 Å². The normalized spacial score (nSPS) is 15.3. The summed E-state index contributed by atoms with van der Waals surface area (Å²) in [6.45, 7) is 0. The van der Waals surface area contributed by atoms with Crippen LogP contribution in [0.5, 0.6) is 0 Å². The summed E-state index contributed by atoms with van der Waals surface area (Å²) in [5.74, 6) is 1.44. The van der Waals surface area contributed by atoms with Gasteiger partial charge in [0.1, 0.15) is 29.1 Å². The molecule has 1 fully saturated rings. The summed E-state index contributed by atoms with van der Waals surface area (Å²) in [4.78, 5) is 64.1. The summed E-state index contributed by atoms with van der Waals surface area (Å²) >= 11 is 0. The minimum atomic E-state index is -0.860. The van der Waals surface area contributed by atoms with Crippen LogP contribution in [0.4, 0.5) is 47.6 Å². The molecule has 21 nitrogen and oxygen atoms in total. The SMILES string of the molecule is Nc1nc(N)nc(CCC2(CCc3nc(N)nc(N)n3)CCC(CCc3nc(N)nc(N)n3)(CCc3nc(N)nc(N)n3)C2=O)n1. The summed E-state index contributed by atoms with van der Waals surface area (Å²) in [5.41, 5.74) is 44.8. The predicted molar refractivity (Wildman–Crippen MR) is 167 cm³/mol. The molecule has 0 spiro atoms. The number of hydrogen-bond donors (Lipinski definition) is 8. The molecule has 4 heterocycles. The molecule has 1 aliphatic rings. The van der Waals surface area contributed by atoms with Gasteiger partial charge in [-0.25, -0.2) is 0 Å². The molecule has 0 radical (unpaired) electrons. The number of ketones is 1. The Morgan fingerprint density at radius 2 is 0.565 bits per heavy atom. The Morgan fingerprint density at radius 3 is 0.761 bits per heavy atom. The van der Waals surface area contributed by atoms with Gasteiger partial charge in [0, 0.05) is 36.5 Å². The van der Waals surface area contributed by atoms with Crippen molar-refractivity contribution in [1.29, 1.82) is 0 Å². The van der Waals surface area contributed by atoms with E-state index in [9.17, 15) is 4.79 Å². The first-order chi connectivity index (χ1) is 21.8. The first-order valence-electron chi connectivity index (χ1n) is 14.4. The summed E-state index contributed by atoms with van der Waals surface area (Å²) in [6.07, 6.45) is 3.80. The van der Waals surface area contributed by atoms with E-state index in [-0.39, 0.29) is 53.4 Å². The zero-order chi connectivity index (χ0) is 33.1. The zero-order valence-corrected chi connectivity index (χ0v) is 25.0. The van der Waals surface area contributed by atoms with Crippen LogP contribution in [0.3, 0.4) is 0 Å². The van der Waals surface area contributed by atoms with E-state index in [4.69, 9.17) is 45.9 Å². The van der Waals surface area contributed by atoms with Gasteiger partial charge in [-0.1, -0.05) is 0 Å². The van der Waals surface area contributed by atoms with Gasteiger partial charge in [0.15, 0.2) is 0 Å². The molecule has 21 heteroatoms. The van der Waals surface area contributed by atoms with E-state index in [1.165, 1.54) is 0 Å². The Bertz CT molecular complexity index is 1430. The third kappa shape index (κ3) is 7.25. The maximum absolute atomic E-state index is 15.0. The summed E-state index contributed by atoms with van der Waals surface area (Å²) < 4.78 is 0. The minimum absolute atomic E-state index is 0.00780. The lowest BCUT2D eigenvalue weighted by Crippen LogP contribution is -2.38. The van der Waals surface area contributed by atoms with E-state index >= 15 is 0 Å². The number of rotatable bonds is 12. The largest absolute Gasteiger partial charge is 0.368 e. The van der Waals surface area contributed by atoms with Gasteiger partial charge in [-0.2, -0.15) is 59.8 Å². The van der Waals surface area contributed by atoms with Crippen LogP contribution in [0.15, 0.2) is 0 Å². The molecule has 4 aromatic heterocycles. The first-order valence-corrected chi connectivity index (χ1v) is 14.4. The van der Waals surface area contributed by atoms with E-state index in [0.29, 0.717) is 87.5 Å². The second-order valence-electron chi connectivity index (χ2n) is 11.3. The summed E-state index contributed by atoms with van der Waals surface area (Å²) in [5, 5.41) is 0. The summed E-state index contributed by atoms with van der Waals surface area (Å²) in [7, 11) is 0. The van der Waals surface area contributed by atoms with Crippen LogP contribution in [-0.4, -0.2) is 65.6 Å². The molecule has 0 bridgehead atoms. The maximum Gasteiger partial charge on any atom is 0.225 e. The van der Waals surface area contributed by atoms with E-state index in [1.54, 1.807) is 0 Å². The van der Waals surface area contributed by atoms with E-state index in [1.807, 2.05) is 0 Å².